The molecular weight excluding hydrogens is 134 g/mol. The van der Waals surface area contributed by atoms with Crippen LogP contribution in [0.2, 0.25) is 0 Å². The first-order chi connectivity index (χ1) is 4.25. The summed E-state index contributed by atoms with van der Waals surface area (Å²) in [6, 6.07) is 0.113. The summed E-state index contributed by atoms with van der Waals surface area (Å²) in [6.07, 6.45) is 3.54. The highest BCUT2D eigenvalue weighted by molar-refractivity contribution is 7.80. The maximum Gasteiger partial charge on any atom is 0.221 e. The van der Waals surface area contributed by atoms with Crippen LogP contribution in [0.3, 0.4) is 0 Å². The third-order valence-corrected chi connectivity index (χ3v) is 1.92. The molecule has 1 atom stereocenters. The quantitative estimate of drug-likeness (QED) is 0.316. The maximum absolute atomic E-state index is 8.99. The number of thiol groups is 1. The zero-order valence-electron chi connectivity index (χ0n) is 5.28. The van der Waals surface area contributed by atoms with Crippen LogP contribution in [0, 0.1) is 0 Å². The van der Waals surface area contributed by atoms with Gasteiger partial charge in [0.2, 0.25) is 12.3 Å². The van der Waals surface area contributed by atoms with E-state index in [2.05, 4.69) is 12.6 Å². The molecule has 1 aliphatic rings. The zero-order valence-corrected chi connectivity index (χ0v) is 6.18. The van der Waals surface area contributed by atoms with Crippen molar-refractivity contribution in [2.75, 3.05) is 5.75 Å². The van der Waals surface area contributed by atoms with Gasteiger partial charge in [0, 0.05) is 24.3 Å². The van der Waals surface area contributed by atoms with Gasteiger partial charge in [-0.15, -0.1) is 0 Å². The van der Waals surface area contributed by atoms with Crippen molar-refractivity contribution in [3.05, 3.63) is 11.6 Å². The first-order valence-corrected chi connectivity index (χ1v) is 3.51. The van der Waals surface area contributed by atoms with Crippen LogP contribution in [0.25, 0.3) is 0 Å². The molecule has 2 nitrogen and oxygen atoms in total. The highest BCUT2D eigenvalue weighted by Crippen LogP contribution is 2.09. The first kappa shape index (κ1) is 6.68. The maximum atomic E-state index is 8.99. The fraction of sp³-hybridized carbons (Fsp3) is 0.500. The van der Waals surface area contributed by atoms with Gasteiger partial charge in [0.1, 0.15) is 0 Å². The Morgan fingerprint density at radius 1 is 1.89 bits per heavy atom. The van der Waals surface area contributed by atoms with Crippen LogP contribution in [0.15, 0.2) is 11.6 Å². The SMILES string of the molecule is CC1C(CS)=CC=[N+]1O. The predicted molar refractivity (Wildman–Crippen MR) is 39.5 cm³/mol. The van der Waals surface area contributed by atoms with Gasteiger partial charge in [0.15, 0.2) is 0 Å². The summed E-state index contributed by atoms with van der Waals surface area (Å²) in [6.45, 7) is 1.94. The van der Waals surface area contributed by atoms with Crippen LogP contribution in [-0.2, 0) is 0 Å². The summed E-state index contributed by atoms with van der Waals surface area (Å²) in [5.74, 6) is 0.717. The fourth-order valence-corrected chi connectivity index (χ4v) is 1.16. The van der Waals surface area contributed by atoms with E-state index in [1.807, 2.05) is 13.0 Å². The van der Waals surface area contributed by atoms with Crippen molar-refractivity contribution < 1.29 is 9.95 Å². The molecule has 0 spiro atoms. The Morgan fingerprint density at radius 2 is 2.56 bits per heavy atom. The van der Waals surface area contributed by atoms with Gasteiger partial charge in [0.25, 0.3) is 0 Å². The van der Waals surface area contributed by atoms with E-state index >= 15 is 0 Å². The third kappa shape index (κ3) is 1.10. The predicted octanol–water partition coefficient (Wildman–Crippen LogP) is 0.717. The van der Waals surface area contributed by atoms with Crippen LogP contribution in [0.5, 0.6) is 0 Å². The molecule has 1 N–H and O–H groups in total. The summed E-state index contributed by atoms with van der Waals surface area (Å²) < 4.78 is 1.19. The van der Waals surface area contributed by atoms with Crippen LogP contribution in [0.1, 0.15) is 6.92 Å². The Hall–Kier alpha value is -0.440. The molecule has 1 heterocycles. The van der Waals surface area contributed by atoms with Crippen molar-refractivity contribution >= 4 is 18.8 Å². The lowest BCUT2D eigenvalue weighted by Crippen LogP contribution is -2.18. The normalized spacial score (nSPS) is 25.8. The minimum atomic E-state index is 0.113. The van der Waals surface area contributed by atoms with Crippen molar-refractivity contribution in [3.63, 3.8) is 0 Å². The number of rotatable bonds is 1. The Kier molecular flexibility index (Phi) is 1.81. The van der Waals surface area contributed by atoms with Gasteiger partial charge >= 0.3 is 0 Å². The molecule has 0 aromatic heterocycles. The largest absolute Gasteiger partial charge is 0.290 e. The minimum Gasteiger partial charge on any atom is -0.290 e. The van der Waals surface area contributed by atoms with E-state index in [1.54, 1.807) is 6.21 Å². The molecule has 1 rings (SSSR count). The molecule has 0 amide bonds. The van der Waals surface area contributed by atoms with Gasteiger partial charge in [-0.25, -0.2) is 0 Å². The molecule has 1 unspecified atom stereocenters. The highest BCUT2D eigenvalue weighted by Gasteiger charge is 2.23. The number of hydrogen-bond donors (Lipinski definition) is 2. The van der Waals surface area contributed by atoms with Crippen LogP contribution in [0.4, 0.5) is 0 Å². The van der Waals surface area contributed by atoms with E-state index in [-0.39, 0.29) is 6.04 Å². The van der Waals surface area contributed by atoms with Gasteiger partial charge in [-0.2, -0.15) is 12.6 Å². The summed E-state index contributed by atoms with van der Waals surface area (Å²) in [4.78, 5) is 0. The number of allylic oxidation sites excluding steroid dienone is 1. The van der Waals surface area contributed by atoms with Crippen molar-refractivity contribution in [1.82, 2.24) is 0 Å². The van der Waals surface area contributed by atoms with E-state index in [1.165, 1.54) is 4.74 Å². The average Bonchev–Trinajstić information content (AvgIpc) is 2.15. The molecule has 0 aromatic carbocycles. The lowest BCUT2D eigenvalue weighted by atomic mass is 10.2. The van der Waals surface area contributed by atoms with Crippen LogP contribution in [-0.4, -0.2) is 28.0 Å². The summed E-state index contributed by atoms with van der Waals surface area (Å²) in [5.41, 5.74) is 1.15. The third-order valence-electron chi connectivity index (χ3n) is 1.56. The minimum absolute atomic E-state index is 0.113. The van der Waals surface area contributed by atoms with Crippen LogP contribution >= 0.6 is 12.6 Å². The number of hydroxylamine groups is 1. The topological polar surface area (TPSA) is 23.2 Å². The first-order valence-electron chi connectivity index (χ1n) is 2.87. The van der Waals surface area contributed by atoms with E-state index < -0.39 is 0 Å². The average molecular weight is 144 g/mol. The lowest BCUT2D eigenvalue weighted by molar-refractivity contribution is -0.785. The molecular formula is C6H10NOS+. The van der Waals surface area contributed by atoms with Gasteiger partial charge in [-0.05, 0) is 4.74 Å². The standard InChI is InChI=1S/C6H9NOS/c1-5-6(4-9)2-3-7(5)8/h2-3,5H,4H2,1H3,(H-,8,9)/p+1. The van der Waals surface area contributed by atoms with Gasteiger partial charge in [-0.1, -0.05) is 0 Å². The fourth-order valence-electron chi connectivity index (χ4n) is 0.795. The Bertz CT molecular complexity index is 174. The summed E-state index contributed by atoms with van der Waals surface area (Å²) in [7, 11) is 0. The van der Waals surface area contributed by atoms with Crippen LogP contribution < -0.4 is 0 Å². The van der Waals surface area contributed by atoms with Gasteiger partial charge in [-0.3, -0.25) is 5.21 Å². The Labute approximate surface area is 59.9 Å². The second-order valence-electron chi connectivity index (χ2n) is 2.10. The summed E-state index contributed by atoms with van der Waals surface area (Å²) >= 11 is 4.09. The Balaban J connectivity index is 2.67. The van der Waals surface area contributed by atoms with E-state index in [4.69, 9.17) is 5.21 Å². The van der Waals surface area contributed by atoms with Crippen molar-refractivity contribution in [2.45, 2.75) is 13.0 Å². The molecule has 0 aliphatic carbocycles. The molecule has 1 aliphatic heterocycles. The molecule has 9 heavy (non-hydrogen) atoms. The molecule has 0 bridgehead atoms. The number of nitrogens with zero attached hydrogens (tertiary/aromatic N) is 1. The highest BCUT2D eigenvalue weighted by atomic mass is 32.1. The molecule has 0 radical (unpaired) electrons. The summed E-state index contributed by atoms with van der Waals surface area (Å²) in [5, 5.41) is 8.99. The number of hydrogen-bond acceptors (Lipinski definition) is 2. The molecule has 0 aromatic rings. The van der Waals surface area contributed by atoms with Gasteiger partial charge < -0.3 is 0 Å². The zero-order chi connectivity index (χ0) is 6.85. The smallest absolute Gasteiger partial charge is 0.221 e. The molecule has 0 saturated heterocycles. The molecule has 3 heteroatoms. The Morgan fingerprint density at radius 3 is 2.78 bits per heavy atom. The van der Waals surface area contributed by atoms with E-state index in [9.17, 15) is 0 Å². The van der Waals surface area contributed by atoms with E-state index in [0.29, 0.717) is 5.75 Å². The second-order valence-corrected chi connectivity index (χ2v) is 2.42. The lowest BCUT2D eigenvalue weighted by Gasteiger charge is -1.98. The second kappa shape index (κ2) is 2.43. The van der Waals surface area contributed by atoms with Gasteiger partial charge in [0.05, 0.1) is 0 Å². The van der Waals surface area contributed by atoms with Crippen molar-refractivity contribution in [2.24, 2.45) is 0 Å². The molecule has 0 fully saturated rings. The van der Waals surface area contributed by atoms with Crippen molar-refractivity contribution in [1.29, 1.82) is 0 Å². The van der Waals surface area contributed by atoms with Crippen molar-refractivity contribution in [3.8, 4) is 0 Å². The monoisotopic (exact) mass is 144 g/mol. The molecule has 50 valence electrons. The molecule has 0 saturated carbocycles. The van der Waals surface area contributed by atoms with E-state index in [0.717, 1.165) is 5.57 Å².